The first-order valence-electron chi connectivity index (χ1n) is 6.87. The number of rotatable bonds is 3. The maximum absolute atomic E-state index is 11.5. The van der Waals surface area contributed by atoms with Crippen LogP contribution < -0.4 is 4.74 Å². The molecule has 2 aromatic carbocycles. The Bertz CT molecular complexity index is 669. The Morgan fingerprint density at radius 1 is 1.10 bits per heavy atom. The van der Waals surface area contributed by atoms with Crippen LogP contribution in [0.3, 0.4) is 0 Å². The predicted octanol–water partition coefficient (Wildman–Crippen LogP) is 5.74. The minimum absolute atomic E-state index is 0.00709. The van der Waals surface area contributed by atoms with Crippen molar-refractivity contribution in [2.45, 2.75) is 33.1 Å². The van der Waals surface area contributed by atoms with Crippen LogP contribution in [0, 0.1) is 0 Å². The van der Waals surface area contributed by atoms with E-state index >= 15 is 0 Å². The van der Waals surface area contributed by atoms with Gasteiger partial charge in [0.15, 0.2) is 5.78 Å². The van der Waals surface area contributed by atoms with Crippen molar-refractivity contribution in [3.63, 3.8) is 0 Å². The monoisotopic (exact) mass is 346 g/mol. The van der Waals surface area contributed by atoms with Crippen molar-refractivity contribution < 1.29 is 9.53 Å². The van der Waals surface area contributed by atoms with E-state index < -0.39 is 0 Å². The topological polar surface area (TPSA) is 26.3 Å². The summed E-state index contributed by atoms with van der Waals surface area (Å²) in [5, 5.41) is 0. The van der Waals surface area contributed by atoms with E-state index in [-0.39, 0.29) is 11.2 Å². The standard InChI is InChI=1S/C18H19BrO2/c1-12(20)14-10-9-13(11-16(14)19)21-17-8-6-5-7-15(17)18(2,3)4/h5-11H,1-4H3. The maximum atomic E-state index is 11.5. The Kier molecular flexibility index (Phi) is 4.52. The molecule has 0 bridgehead atoms. The summed E-state index contributed by atoms with van der Waals surface area (Å²) in [4.78, 5) is 11.5. The Morgan fingerprint density at radius 3 is 2.33 bits per heavy atom. The van der Waals surface area contributed by atoms with E-state index in [9.17, 15) is 4.79 Å². The molecule has 110 valence electrons. The van der Waals surface area contributed by atoms with Crippen molar-refractivity contribution in [3.05, 3.63) is 58.1 Å². The van der Waals surface area contributed by atoms with Crippen LogP contribution in [-0.2, 0) is 5.41 Å². The van der Waals surface area contributed by atoms with Gasteiger partial charge in [0.05, 0.1) is 0 Å². The van der Waals surface area contributed by atoms with Gasteiger partial charge in [0.25, 0.3) is 0 Å². The molecule has 0 aliphatic heterocycles. The molecule has 0 saturated carbocycles. The van der Waals surface area contributed by atoms with Crippen molar-refractivity contribution in [1.29, 1.82) is 0 Å². The molecule has 0 atom stereocenters. The molecule has 0 amide bonds. The third kappa shape index (κ3) is 3.73. The fourth-order valence-electron chi connectivity index (χ4n) is 2.15. The lowest BCUT2D eigenvalue weighted by Crippen LogP contribution is -2.12. The Morgan fingerprint density at radius 2 is 1.76 bits per heavy atom. The average molecular weight is 347 g/mol. The molecule has 0 spiro atoms. The summed E-state index contributed by atoms with van der Waals surface area (Å²) in [6.07, 6.45) is 0. The van der Waals surface area contributed by atoms with Crippen LogP contribution in [0.1, 0.15) is 43.6 Å². The van der Waals surface area contributed by atoms with Gasteiger partial charge in [0, 0.05) is 15.6 Å². The van der Waals surface area contributed by atoms with Crippen LogP contribution in [0.15, 0.2) is 46.9 Å². The summed E-state index contributed by atoms with van der Waals surface area (Å²) in [6.45, 7) is 8.02. The molecular weight excluding hydrogens is 328 g/mol. The van der Waals surface area contributed by atoms with Crippen molar-refractivity contribution in [1.82, 2.24) is 0 Å². The number of ketones is 1. The molecule has 0 aliphatic rings. The van der Waals surface area contributed by atoms with Crippen LogP contribution in [-0.4, -0.2) is 5.78 Å². The highest BCUT2D eigenvalue weighted by atomic mass is 79.9. The Hall–Kier alpha value is -1.61. The van der Waals surface area contributed by atoms with Crippen molar-refractivity contribution in [2.24, 2.45) is 0 Å². The van der Waals surface area contributed by atoms with E-state index in [1.165, 1.54) is 0 Å². The molecule has 3 heteroatoms. The van der Waals surface area contributed by atoms with E-state index in [2.05, 4.69) is 42.8 Å². The van der Waals surface area contributed by atoms with E-state index in [0.717, 1.165) is 15.8 Å². The lowest BCUT2D eigenvalue weighted by Gasteiger charge is -2.22. The van der Waals surface area contributed by atoms with Gasteiger partial charge in [0.2, 0.25) is 0 Å². The summed E-state index contributed by atoms with van der Waals surface area (Å²) in [6, 6.07) is 13.5. The van der Waals surface area contributed by atoms with Gasteiger partial charge in [-0.1, -0.05) is 39.0 Å². The molecule has 0 aromatic heterocycles. The molecule has 0 radical (unpaired) electrons. The van der Waals surface area contributed by atoms with Crippen LogP contribution in [0.5, 0.6) is 11.5 Å². The molecule has 0 fully saturated rings. The fourth-order valence-corrected chi connectivity index (χ4v) is 2.78. The van der Waals surface area contributed by atoms with Gasteiger partial charge >= 0.3 is 0 Å². The molecule has 2 rings (SSSR count). The normalized spacial score (nSPS) is 11.3. The predicted molar refractivity (Wildman–Crippen MR) is 89.4 cm³/mol. The van der Waals surface area contributed by atoms with Crippen molar-refractivity contribution >= 4 is 21.7 Å². The maximum Gasteiger partial charge on any atom is 0.160 e. The average Bonchev–Trinajstić information content (AvgIpc) is 2.37. The van der Waals surface area contributed by atoms with Gasteiger partial charge in [-0.15, -0.1) is 0 Å². The number of halogens is 1. The second-order valence-electron chi connectivity index (χ2n) is 6.05. The first-order valence-corrected chi connectivity index (χ1v) is 7.66. The number of hydrogen-bond donors (Lipinski definition) is 0. The minimum Gasteiger partial charge on any atom is -0.457 e. The Labute approximate surface area is 134 Å². The third-order valence-electron chi connectivity index (χ3n) is 3.24. The minimum atomic E-state index is 0.00709. The molecular formula is C18H19BrO2. The molecule has 0 N–H and O–H groups in total. The van der Waals surface area contributed by atoms with Gasteiger partial charge in [-0.2, -0.15) is 0 Å². The number of carbonyl (C=O) groups excluding carboxylic acids is 1. The molecule has 0 aliphatic carbocycles. The number of Topliss-reactive ketones (excluding diaryl/α,β-unsaturated/α-hetero) is 1. The molecule has 2 nitrogen and oxygen atoms in total. The Balaban J connectivity index is 2.35. The molecule has 21 heavy (non-hydrogen) atoms. The van der Waals surface area contributed by atoms with E-state index in [1.807, 2.05) is 30.3 Å². The highest BCUT2D eigenvalue weighted by molar-refractivity contribution is 9.10. The quantitative estimate of drug-likeness (QED) is 0.662. The summed E-state index contributed by atoms with van der Waals surface area (Å²) < 4.78 is 6.76. The first-order chi connectivity index (χ1) is 9.79. The van der Waals surface area contributed by atoms with Gasteiger partial charge in [0.1, 0.15) is 11.5 Å². The van der Waals surface area contributed by atoms with Crippen LogP contribution >= 0.6 is 15.9 Å². The summed E-state index contributed by atoms with van der Waals surface area (Å²) in [5.41, 5.74) is 1.82. The highest BCUT2D eigenvalue weighted by Gasteiger charge is 2.19. The smallest absolute Gasteiger partial charge is 0.160 e. The highest BCUT2D eigenvalue weighted by Crippen LogP contribution is 2.35. The van der Waals surface area contributed by atoms with Gasteiger partial charge in [-0.25, -0.2) is 0 Å². The lowest BCUT2D eigenvalue weighted by atomic mass is 9.86. The second kappa shape index (κ2) is 6.02. The van der Waals surface area contributed by atoms with Crippen LogP contribution in [0.2, 0.25) is 0 Å². The summed E-state index contributed by atoms with van der Waals surface area (Å²) >= 11 is 3.42. The van der Waals surface area contributed by atoms with E-state index in [0.29, 0.717) is 11.3 Å². The second-order valence-corrected chi connectivity index (χ2v) is 6.90. The number of ether oxygens (including phenoxy) is 1. The first kappa shape index (κ1) is 15.8. The largest absolute Gasteiger partial charge is 0.457 e. The van der Waals surface area contributed by atoms with Crippen LogP contribution in [0.25, 0.3) is 0 Å². The number of carbonyl (C=O) groups is 1. The van der Waals surface area contributed by atoms with E-state index in [1.54, 1.807) is 13.0 Å². The molecule has 0 saturated heterocycles. The van der Waals surface area contributed by atoms with E-state index in [4.69, 9.17) is 4.74 Å². The molecule has 0 heterocycles. The van der Waals surface area contributed by atoms with Gasteiger partial charge in [-0.3, -0.25) is 4.79 Å². The SMILES string of the molecule is CC(=O)c1ccc(Oc2ccccc2C(C)(C)C)cc1Br. The van der Waals surface area contributed by atoms with Crippen molar-refractivity contribution in [2.75, 3.05) is 0 Å². The number of benzene rings is 2. The molecule has 2 aromatic rings. The number of para-hydroxylation sites is 1. The zero-order chi connectivity index (χ0) is 15.6. The van der Waals surface area contributed by atoms with Gasteiger partial charge in [-0.05, 0) is 52.5 Å². The third-order valence-corrected chi connectivity index (χ3v) is 3.90. The molecule has 0 unspecified atom stereocenters. The lowest BCUT2D eigenvalue weighted by molar-refractivity contribution is 0.101. The summed E-state index contributed by atoms with van der Waals surface area (Å²) in [5.74, 6) is 1.58. The fraction of sp³-hybridized carbons (Fsp3) is 0.278. The van der Waals surface area contributed by atoms with Crippen molar-refractivity contribution in [3.8, 4) is 11.5 Å². The summed E-state index contributed by atoms with van der Waals surface area (Å²) in [7, 11) is 0. The van der Waals surface area contributed by atoms with Crippen LogP contribution in [0.4, 0.5) is 0 Å². The number of hydrogen-bond acceptors (Lipinski definition) is 2. The zero-order valence-electron chi connectivity index (χ0n) is 12.7. The zero-order valence-corrected chi connectivity index (χ0v) is 14.3. The van der Waals surface area contributed by atoms with Gasteiger partial charge < -0.3 is 4.74 Å².